The van der Waals surface area contributed by atoms with Gasteiger partial charge >= 0.3 is 5.97 Å². The molecular weight excluding hydrogens is 792 g/mol. The van der Waals surface area contributed by atoms with E-state index >= 15 is 0 Å². The number of rotatable bonds is 14. The Morgan fingerprint density at radius 2 is 0.983 bits per heavy atom. The summed E-state index contributed by atoms with van der Waals surface area (Å²) in [4.78, 5) is 49.2. The first-order chi connectivity index (χ1) is 27.0. The fraction of sp³-hybridized carbons (Fsp3) is 0.882. The Labute approximate surface area is 331 Å². The van der Waals surface area contributed by atoms with Crippen LogP contribution in [-0.2, 0) is 57.1 Å². The summed E-state index contributed by atoms with van der Waals surface area (Å²) >= 11 is 0. The SMILES string of the molecule is CCC(F)(F)CO[C@@H]1OC(C)[C@H](O)[C@H](O[C@@H]2OC(C)[C@@H](O)[C@H](O[C@@H]3OC(C(=O)O)[C@@H](O)[C@H](O)C3O[C@@H]3OC(C)[C@@H](O)[C@H](O)C3NC(C)=O)C2NC(C)=O)C1NC(C)=O. The van der Waals surface area contributed by atoms with Crippen LogP contribution < -0.4 is 16.0 Å². The molecule has 4 fully saturated rings. The van der Waals surface area contributed by atoms with Gasteiger partial charge in [0.05, 0.1) is 18.3 Å². The third-order valence-corrected chi connectivity index (χ3v) is 10.2. The molecule has 334 valence electrons. The smallest absolute Gasteiger partial charge is 0.335 e. The number of hydrogen-bond acceptors (Lipinski definition) is 18. The van der Waals surface area contributed by atoms with Crippen LogP contribution in [0.5, 0.6) is 0 Å². The van der Waals surface area contributed by atoms with Crippen LogP contribution >= 0.6 is 0 Å². The van der Waals surface area contributed by atoms with Crippen LogP contribution in [0, 0.1) is 0 Å². The second-order valence-corrected chi connectivity index (χ2v) is 14.8. The van der Waals surface area contributed by atoms with E-state index in [2.05, 4.69) is 16.0 Å². The lowest BCUT2D eigenvalue weighted by molar-refractivity contribution is -0.373. The van der Waals surface area contributed by atoms with Gasteiger partial charge in [0.15, 0.2) is 31.3 Å². The molecule has 22 nitrogen and oxygen atoms in total. The summed E-state index contributed by atoms with van der Waals surface area (Å²) in [6.45, 7) is 7.40. The molecule has 4 aliphatic heterocycles. The van der Waals surface area contributed by atoms with Crippen molar-refractivity contribution in [2.45, 2.75) is 183 Å². The molecular formula is C34H55F2N3O19. The van der Waals surface area contributed by atoms with Crippen molar-refractivity contribution in [1.82, 2.24) is 16.0 Å². The minimum atomic E-state index is -3.29. The van der Waals surface area contributed by atoms with Crippen molar-refractivity contribution in [3.63, 3.8) is 0 Å². The van der Waals surface area contributed by atoms with Crippen LogP contribution in [0.3, 0.4) is 0 Å². The van der Waals surface area contributed by atoms with E-state index in [0.29, 0.717) is 0 Å². The Hall–Kier alpha value is -2.82. The number of aliphatic hydroxyl groups is 6. The van der Waals surface area contributed by atoms with Crippen molar-refractivity contribution >= 4 is 23.7 Å². The number of nitrogens with one attached hydrogen (secondary N) is 3. The largest absolute Gasteiger partial charge is 0.479 e. The molecule has 4 rings (SSSR count). The lowest BCUT2D eigenvalue weighted by atomic mass is 9.94. The number of alkyl halides is 2. The number of ether oxygens (including phenoxy) is 8. The summed E-state index contributed by atoms with van der Waals surface area (Å²) < 4.78 is 74.9. The molecule has 3 amide bonds. The van der Waals surface area contributed by atoms with E-state index in [1.807, 2.05) is 0 Å². The zero-order valence-electron chi connectivity index (χ0n) is 32.7. The lowest BCUT2D eigenvalue weighted by Crippen LogP contribution is -2.71. The second-order valence-electron chi connectivity index (χ2n) is 14.8. The number of carbonyl (C=O) groups is 4. The average molecular weight is 848 g/mol. The highest BCUT2D eigenvalue weighted by molar-refractivity contribution is 5.74. The van der Waals surface area contributed by atoms with Crippen LogP contribution in [-0.4, -0.2) is 195 Å². The van der Waals surface area contributed by atoms with Gasteiger partial charge in [0.25, 0.3) is 5.92 Å². The Morgan fingerprint density at radius 3 is 1.47 bits per heavy atom. The molecule has 0 aromatic heterocycles. The maximum Gasteiger partial charge on any atom is 0.335 e. The minimum absolute atomic E-state index is 0.591. The van der Waals surface area contributed by atoms with E-state index in [0.717, 1.165) is 20.8 Å². The fourth-order valence-electron chi connectivity index (χ4n) is 6.98. The lowest BCUT2D eigenvalue weighted by Gasteiger charge is -2.50. The normalized spacial score (nSPS) is 43.6. The van der Waals surface area contributed by atoms with Crippen LogP contribution in [0.1, 0.15) is 54.9 Å². The number of amides is 3. The minimum Gasteiger partial charge on any atom is -0.479 e. The van der Waals surface area contributed by atoms with Gasteiger partial charge in [-0.25, -0.2) is 13.6 Å². The van der Waals surface area contributed by atoms with E-state index in [1.54, 1.807) is 0 Å². The standard InChI is InChI=1S/C34H55F2N3O19/c1-8-34(35,36)9-51-30-17(38-14(6)41)25(20(44)11(3)52-30)55-32-18(39-15(7)42)26(21(45)12(4)54-32)56-33-28(24(48)23(47)27(57-33)29(49)50)58-31-16(37-13(5)40)22(46)19(43)10(2)53-31/h10-12,16-28,30-33,43-48H,8-9H2,1-7H3,(H,37,40)(H,38,41)(H,39,42)(H,49,50)/t10?,11?,12?,16?,17?,18?,19-,20+,21-,22-,23+,24+,25-,26-,27?,28?,30-,31+,32+,33-/m1/s1. The maximum atomic E-state index is 14.2. The van der Waals surface area contributed by atoms with Crippen molar-refractivity contribution < 1.29 is 102 Å². The first-order valence-corrected chi connectivity index (χ1v) is 18.7. The van der Waals surface area contributed by atoms with Crippen molar-refractivity contribution in [3.8, 4) is 0 Å². The van der Waals surface area contributed by atoms with Crippen molar-refractivity contribution in [2.75, 3.05) is 6.61 Å². The van der Waals surface area contributed by atoms with Crippen LogP contribution in [0.25, 0.3) is 0 Å². The third-order valence-electron chi connectivity index (χ3n) is 10.2. The highest BCUT2D eigenvalue weighted by atomic mass is 19.3. The predicted molar refractivity (Wildman–Crippen MR) is 184 cm³/mol. The quantitative estimate of drug-likeness (QED) is 0.0795. The van der Waals surface area contributed by atoms with E-state index in [-0.39, 0.29) is 0 Å². The van der Waals surface area contributed by atoms with E-state index in [1.165, 1.54) is 27.7 Å². The monoisotopic (exact) mass is 847 g/mol. The fourth-order valence-corrected chi connectivity index (χ4v) is 6.98. The first-order valence-electron chi connectivity index (χ1n) is 18.7. The summed E-state index contributed by atoms with van der Waals surface area (Å²) in [6.07, 6.45) is -29.7. The number of carbonyl (C=O) groups excluding carboxylic acids is 3. The van der Waals surface area contributed by atoms with Gasteiger partial charge in [0.1, 0.15) is 79.7 Å². The molecule has 4 saturated heterocycles. The van der Waals surface area contributed by atoms with Crippen LogP contribution in [0.15, 0.2) is 0 Å². The molecule has 0 aliphatic carbocycles. The molecule has 0 saturated carbocycles. The predicted octanol–water partition coefficient (Wildman–Crippen LogP) is -4.07. The topological polar surface area (TPSA) is 320 Å². The average Bonchev–Trinajstić information content (AvgIpc) is 3.13. The Bertz CT molecular complexity index is 1440. The first kappa shape index (κ1) is 47.9. The molecule has 4 aliphatic rings. The van der Waals surface area contributed by atoms with Crippen molar-refractivity contribution in [2.24, 2.45) is 0 Å². The van der Waals surface area contributed by atoms with Gasteiger partial charge in [-0.05, 0) is 20.8 Å². The highest BCUT2D eigenvalue weighted by Crippen LogP contribution is 2.35. The van der Waals surface area contributed by atoms with Crippen molar-refractivity contribution in [1.29, 1.82) is 0 Å². The van der Waals surface area contributed by atoms with Gasteiger partial charge in [0.2, 0.25) is 17.7 Å². The molecule has 58 heavy (non-hydrogen) atoms. The molecule has 0 aromatic rings. The number of carboxylic acids is 1. The molecule has 10 N–H and O–H groups in total. The van der Waals surface area contributed by atoms with Gasteiger partial charge in [-0.1, -0.05) is 6.92 Å². The molecule has 0 spiro atoms. The van der Waals surface area contributed by atoms with Gasteiger partial charge in [-0.2, -0.15) is 0 Å². The van der Waals surface area contributed by atoms with E-state index in [4.69, 9.17) is 37.9 Å². The number of halogens is 2. The zero-order chi connectivity index (χ0) is 43.5. The molecule has 0 aromatic carbocycles. The number of hydrogen-bond donors (Lipinski definition) is 10. The number of aliphatic carboxylic acids is 1. The molecule has 4 heterocycles. The van der Waals surface area contributed by atoms with Crippen molar-refractivity contribution in [3.05, 3.63) is 0 Å². The molecule has 0 radical (unpaired) electrons. The Morgan fingerprint density at radius 1 is 0.569 bits per heavy atom. The van der Waals surface area contributed by atoms with Gasteiger partial charge in [-0.15, -0.1) is 0 Å². The molecule has 0 bridgehead atoms. The zero-order valence-corrected chi connectivity index (χ0v) is 32.7. The van der Waals surface area contributed by atoms with Gasteiger partial charge in [-0.3, -0.25) is 14.4 Å². The van der Waals surface area contributed by atoms with Gasteiger partial charge in [0, 0.05) is 27.2 Å². The Balaban J connectivity index is 1.71. The second kappa shape index (κ2) is 19.7. The van der Waals surface area contributed by atoms with Crippen LogP contribution in [0.2, 0.25) is 0 Å². The van der Waals surface area contributed by atoms with Gasteiger partial charge < -0.3 is 89.6 Å². The molecule has 24 heteroatoms. The summed E-state index contributed by atoms with van der Waals surface area (Å²) in [5, 5.41) is 83.2. The third kappa shape index (κ3) is 11.1. The molecule has 8 unspecified atom stereocenters. The van der Waals surface area contributed by atoms with Crippen LogP contribution in [0.4, 0.5) is 8.78 Å². The van der Waals surface area contributed by atoms with E-state index < -0.39 is 165 Å². The Kier molecular flexibility index (Phi) is 16.3. The summed E-state index contributed by atoms with van der Waals surface area (Å²) in [5.74, 6) is -7.24. The summed E-state index contributed by atoms with van der Waals surface area (Å²) in [7, 11) is 0. The number of carboxylic acid groups (broad SMARTS) is 1. The van der Waals surface area contributed by atoms with E-state index in [9.17, 15) is 63.7 Å². The maximum absolute atomic E-state index is 14.2. The highest BCUT2D eigenvalue weighted by Gasteiger charge is 2.57. The summed E-state index contributed by atoms with van der Waals surface area (Å²) in [5.41, 5.74) is 0. The number of aliphatic hydroxyl groups excluding tert-OH is 6. The summed E-state index contributed by atoms with van der Waals surface area (Å²) in [6, 6.07) is -4.60. The molecule has 20 atom stereocenters.